The van der Waals surface area contributed by atoms with Gasteiger partial charge >= 0.3 is 157 Å². The Kier molecular flexibility index (Phi) is 52.6. The molecule has 0 aromatic carbocycles. The molecule has 0 aliphatic carbocycles. The molecule has 16 nitrogen and oxygen atoms in total. The molecule has 0 aromatic rings. The van der Waals surface area contributed by atoms with Crippen molar-refractivity contribution in [2.75, 3.05) is 0 Å². The smallest absolute Gasteiger partial charge is 0.894 e. The first-order valence-corrected chi connectivity index (χ1v) is 10.0. The fourth-order valence-corrected chi connectivity index (χ4v) is 0. The maximum absolute atomic E-state index is 8.58. The van der Waals surface area contributed by atoms with E-state index in [9.17, 15) is 0 Å². The van der Waals surface area contributed by atoms with Crippen LogP contribution in [0.2, 0.25) is 0 Å². The van der Waals surface area contributed by atoms with Gasteiger partial charge in [0.05, 0.1) is 0 Å². The van der Waals surface area contributed by atoms with Crippen LogP contribution in [0.5, 0.6) is 0 Å². The van der Waals surface area contributed by atoms with Crippen LogP contribution in [0.4, 0.5) is 0 Å². The zero-order chi connectivity index (χ0) is 18.0. The van der Waals surface area contributed by atoms with Gasteiger partial charge in [-0.15, -0.1) is 0 Å². The molecule has 0 saturated carbocycles. The fourth-order valence-electron chi connectivity index (χ4n) is 0. The summed E-state index contributed by atoms with van der Waals surface area (Å²) in [5.41, 5.74) is 0. The van der Waals surface area contributed by atoms with Crippen molar-refractivity contribution in [2.45, 2.75) is 0 Å². The molecule has 0 bridgehead atoms. The van der Waals surface area contributed by atoms with Crippen molar-refractivity contribution < 1.29 is 224 Å². The Hall–Kier alpha value is 5.16. The van der Waals surface area contributed by atoms with E-state index in [1.165, 1.54) is 0 Å². The summed E-state index contributed by atoms with van der Waals surface area (Å²) in [6, 6.07) is 0. The second-order valence-corrected chi connectivity index (χ2v) is 6.30. The Morgan fingerprint density at radius 1 is 0.333 bits per heavy atom. The van der Waals surface area contributed by atoms with Crippen LogP contribution in [-0.4, -0.2) is 55.4 Å². The quantitative estimate of drug-likeness (QED) is 0.164. The second kappa shape index (κ2) is 24.4. The minimum atomic E-state index is -5.61. The normalized spacial score (nSPS) is 10.0. The average molecular weight is 1070 g/mol. The van der Waals surface area contributed by atoms with E-state index in [0.717, 1.165) is 0 Å². The van der Waals surface area contributed by atoms with Crippen LogP contribution in [-0.2, 0) is 0 Å². The van der Waals surface area contributed by atoms with E-state index in [0.29, 0.717) is 0 Å². The molecule has 0 spiro atoms. The molecule has 0 unspecified atom stereocenters. The van der Waals surface area contributed by atoms with Gasteiger partial charge in [0, 0.05) is 0 Å². The summed E-state index contributed by atoms with van der Waals surface area (Å²) in [5, 5.41) is 0. The predicted molar refractivity (Wildman–Crippen MR) is 31.9 cm³/mol. The van der Waals surface area contributed by atoms with E-state index in [2.05, 4.69) is 0 Å². The third-order valence-corrected chi connectivity index (χ3v) is 0. The van der Waals surface area contributed by atoms with E-state index < -0.39 is 36.2 Å². The molecule has 176 valence electrons. The summed E-state index contributed by atoms with van der Waals surface area (Å²) in [6.45, 7) is 0. The largest absolute Gasteiger partial charge is 3.00 e. The van der Waals surface area contributed by atoms with Crippen LogP contribution in [0.3, 0.4) is 0 Å². The molecular weight excluding hydrogens is 1070 g/mol. The molecule has 24 heavy (non-hydrogen) atoms. The van der Waals surface area contributed by atoms with Crippen molar-refractivity contribution in [1.29, 1.82) is 0 Å². The molecule has 0 radical (unpaired) electrons. The van der Waals surface area contributed by atoms with Gasteiger partial charge in [-0.3, -0.25) is 0 Å². The van der Waals surface area contributed by atoms with Crippen molar-refractivity contribution in [3.05, 3.63) is 0 Å². The van der Waals surface area contributed by atoms with E-state index in [1.807, 2.05) is 0 Å². The summed E-state index contributed by atoms with van der Waals surface area (Å²) in [5.74, 6) is 0. The molecule has 24 heteroatoms. The van der Waals surface area contributed by atoms with Crippen molar-refractivity contribution in [1.82, 2.24) is 0 Å². The molecule has 0 aliphatic rings. The minimum Gasteiger partial charge on any atom is -0.894 e. The molecule has 4 N–H and O–H groups in total. The van der Waals surface area contributed by atoms with Gasteiger partial charge in [-0.2, -0.15) is 0 Å². The van der Waals surface area contributed by atoms with Gasteiger partial charge in [-0.05, 0) is 0 Å². The van der Waals surface area contributed by atoms with Gasteiger partial charge in [0.1, 0.15) is 0 Å². The third-order valence-electron chi connectivity index (χ3n) is 0. The average Bonchev–Trinajstić information content (AvgIpc) is 1.62. The Balaban J connectivity index is -0.0000000225. The molecule has 0 aromatic heterocycles. The minimum absolute atomic E-state index is 0. The Morgan fingerprint density at radius 2 is 0.333 bits per heavy atom. The molecule has 0 aliphatic heterocycles. The molecule has 0 heterocycles. The third kappa shape index (κ3) is 698. The van der Waals surface area contributed by atoms with Crippen LogP contribution in [0.25, 0.3) is 0 Å². The van der Waals surface area contributed by atoms with Crippen LogP contribution < -0.4 is 57.5 Å². The van der Waals surface area contributed by atoms with E-state index in [4.69, 9.17) is 76.7 Å². The molecular formula is H4Lu4O16Si4. The zero-order valence-corrected chi connectivity index (χ0v) is 20.3. The SMILES string of the molecule is O[Si](O)(O)O.[Lu+3].[Lu+3].[Lu+3].[Lu+3].[O-][Si]([O-])([O-])[O-].[O-][Si]([O-])([O-])[O-].[O-][Si]([O-])([O-])[O-]. The van der Waals surface area contributed by atoms with E-state index in [1.54, 1.807) is 0 Å². The monoisotopic (exact) mass is 1070 g/mol. The Labute approximate surface area is 255 Å². The molecule has 0 fully saturated rings. The first kappa shape index (κ1) is 51.6. The van der Waals surface area contributed by atoms with Crippen molar-refractivity contribution >= 4 is 36.2 Å². The zero-order valence-electron chi connectivity index (χ0n) is 9.72. The maximum Gasteiger partial charge on any atom is 3.00 e. The Bertz CT molecular complexity index is 140. The van der Waals surface area contributed by atoms with E-state index >= 15 is 0 Å². The van der Waals surface area contributed by atoms with Crippen molar-refractivity contribution in [3.8, 4) is 0 Å². The maximum atomic E-state index is 8.58. The van der Waals surface area contributed by atoms with Gasteiger partial charge in [-0.1, -0.05) is 0 Å². The van der Waals surface area contributed by atoms with E-state index in [-0.39, 0.29) is 147 Å². The topological polar surface area (TPSA) is 358 Å². The summed E-state index contributed by atoms with van der Waals surface area (Å²) in [4.78, 5) is 132. The number of hydrogen-bond donors (Lipinski definition) is 4. The van der Waals surface area contributed by atoms with Crippen LogP contribution in [0.15, 0.2) is 0 Å². The molecule has 0 saturated heterocycles. The standard InChI is InChI=1S/4Lu.H4O4Si.3O4Si/c;;;;4*1-5(2,3)4/h;;;;1-4H;;;/q4*+3;;3*-4. The molecule has 0 atom stereocenters. The van der Waals surface area contributed by atoms with Gasteiger partial charge in [0.25, 0.3) is 0 Å². The summed E-state index contributed by atoms with van der Waals surface area (Å²) in [7, 11) is -21.4. The first-order chi connectivity index (χ1) is 8.00. The van der Waals surface area contributed by atoms with Gasteiger partial charge in [0.2, 0.25) is 0 Å². The van der Waals surface area contributed by atoms with Gasteiger partial charge in [0.15, 0.2) is 0 Å². The summed E-state index contributed by atoms with van der Waals surface area (Å²) >= 11 is 0. The van der Waals surface area contributed by atoms with Gasteiger partial charge < -0.3 is 104 Å². The van der Waals surface area contributed by atoms with Crippen LogP contribution in [0, 0.1) is 147 Å². The second-order valence-electron chi connectivity index (χ2n) is 2.10. The predicted octanol–water partition coefficient (Wildman–Crippen LogP) is -18.0. The van der Waals surface area contributed by atoms with Crippen LogP contribution >= 0.6 is 0 Å². The molecule has 0 rings (SSSR count). The summed E-state index contributed by atoms with van der Waals surface area (Å²) < 4.78 is 0. The number of rotatable bonds is 0. The first-order valence-electron chi connectivity index (χ1n) is 3.34. The van der Waals surface area contributed by atoms with Crippen LogP contribution in [0.1, 0.15) is 0 Å². The fraction of sp³-hybridized carbons (Fsp3) is 0. The van der Waals surface area contributed by atoms with Crippen molar-refractivity contribution in [3.63, 3.8) is 0 Å². The summed E-state index contributed by atoms with van der Waals surface area (Å²) in [6.07, 6.45) is 0. The number of hydrogen-bond acceptors (Lipinski definition) is 16. The van der Waals surface area contributed by atoms with Gasteiger partial charge in [-0.25, -0.2) is 0 Å². The molecule has 0 amide bonds. The van der Waals surface area contributed by atoms with Crippen molar-refractivity contribution in [2.24, 2.45) is 0 Å². The Morgan fingerprint density at radius 3 is 0.333 bits per heavy atom.